The van der Waals surface area contributed by atoms with E-state index in [-0.39, 0.29) is 12.3 Å². The molecule has 0 atom stereocenters. The van der Waals surface area contributed by atoms with Crippen molar-refractivity contribution in [3.8, 4) is 0 Å². The number of ether oxygens (including phenoxy) is 1. The first-order valence-electron chi connectivity index (χ1n) is 8.09. The zero-order valence-corrected chi connectivity index (χ0v) is 13.7. The fourth-order valence-corrected chi connectivity index (χ4v) is 2.78. The number of amides is 1. The molecule has 0 aliphatic rings. The molecule has 0 aliphatic carbocycles. The van der Waals surface area contributed by atoms with Crippen LogP contribution in [-0.2, 0) is 9.53 Å². The van der Waals surface area contributed by atoms with Crippen LogP contribution in [0.15, 0.2) is 66.7 Å². The number of rotatable bonds is 4. The Hall–Kier alpha value is -3.67. The third-order valence-electron chi connectivity index (χ3n) is 4.03. The minimum absolute atomic E-state index is 0.166. The number of H-pyrrole nitrogens is 1. The fourth-order valence-electron chi connectivity index (χ4n) is 2.78. The van der Waals surface area contributed by atoms with Crippen molar-refractivity contribution >= 4 is 39.2 Å². The summed E-state index contributed by atoms with van der Waals surface area (Å²) >= 11 is 0. The summed E-state index contributed by atoms with van der Waals surface area (Å²) in [6.07, 6.45) is 0. The van der Waals surface area contributed by atoms with Crippen LogP contribution in [0.1, 0.15) is 10.5 Å². The third-order valence-corrected chi connectivity index (χ3v) is 4.03. The first-order chi connectivity index (χ1) is 12.7. The average Bonchev–Trinajstić information content (AvgIpc) is 3.10. The maximum absolute atomic E-state index is 12.2. The van der Waals surface area contributed by atoms with Crippen LogP contribution in [0.5, 0.6) is 0 Å². The van der Waals surface area contributed by atoms with E-state index in [4.69, 9.17) is 4.74 Å². The summed E-state index contributed by atoms with van der Waals surface area (Å²) in [7, 11) is 0. The molecule has 26 heavy (non-hydrogen) atoms. The number of aromatic nitrogens is 2. The first-order valence-corrected chi connectivity index (χ1v) is 8.09. The van der Waals surface area contributed by atoms with Crippen molar-refractivity contribution in [2.24, 2.45) is 0 Å². The molecule has 0 saturated heterocycles. The molecule has 1 amide bonds. The molecular weight excluding hydrogens is 330 g/mol. The van der Waals surface area contributed by atoms with Gasteiger partial charge >= 0.3 is 5.97 Å². The van der Waals surface area contributed by atoms with Gasteiger partial charge in [0.2, 0.25) is 0 Å². The number of carbonyl (C=O) groups excluding carboxylic acids is 2. The van der Waals surface area contributed by atoms with E-state index in [1.165, 1.54) is 0 Å². The van der Waals surface area contributed by atoms with Crippen LogP contribution < -0.4 is 5.32 Å². The highest BCUT2D eigenvalue weighted by molar-refractivity contribution is 6.03. The Morgan fingerprint density at radius 1 is 0.962 bits per heavy atom. The quantitative estimate of drug-likeness (QED) is 0.554. The van der Waals surface area contributed by atoms with E-state index in [9.17, 15) is 9.59 Å². The van der Waals surface area contributed by atoms with Crippen molar-refractivity contribution in [1.82, 2.24) is 10.2 Å². The van der Waals surface area contributed by atoms with Gasteiger partial charge < -0.3 is 10.1 Å². The van der Waals surface area contributed by atoms with Crippen LogP contribution in [0.25, 0.3) is 21.7 Å². The summed E-state index contributed by atoms with van der Waals surface area (Å²) < 4.78 is 5.08. The first kappa shape index (κ1) is 15.8. The predicted molar refractivity (Wildman–Crippen MR) is 99.0 cm³/mol. The number of hydrogen-bond acceptors (Lipinski definition) is 4. The summed E-state index contributed by atoms with van der Waals surface area (Å²) in [5.74, 6) is -1.05. The molecule has 6 heteroatoms. The Labute approximate surface area is 148 Å². The van der Waals surface area contributed by atoms with Gasteiger partial charge in [-0.2, -0.15) is 5.10 Å². The smallest absolute Gasteiger partial charge is 0.359 e. The lowest BCUT2D eigenvalue weighted by atomic mass is 10.1. The van der Waals surface area contributed by atoms with Crippen LogP contribution in [0.4, 0.5) is 5.69 Å². The monoisotopic (exact) mass is 345 g/mol. The van der Waals surface area contributed by atoms with Crippen LogP contribution >= 0.6 is 0 Å². The Morgan fingerprint density at radius 2 is 1.73 bits per heavy atom. The normalized spacial score (nSPS) is 10.8. The largest absolute Gasteiger partial charge is 0.451 e. The molecule has 0 aliphatic heterocycles. The van der Waals surface area contributed by atoms with E-state index in [1.807, 2.05) is 54.6 Å². The molecule has 3 aromatic carbocycles. The number of carbonyl (C=O) groups is 2. The van der Waals surface area contributed by atoms with Crippen LogP contribution in [0, 0.1) is 0 Å². The predicted octanol–water partition coefficient (Wildman–Crippen LogP) is 3.51. The van der Waals surface area contributed by atoms with Gasteiger partial charge in [-0.25, -0.2) is 4.79 Å². The van der Waals surface area contributed by atoms with Crippen molar-refractivity contribution < 1.29 is 14.3 Å². The Bertz CT molecular complexity index is 1120. The number of nitrogens with zero attached hydrogens (tertiary/aromatic N) is 1. The molecule has 0 fully saturated rings. The molecule has 0 saturated carbocycles. The van der Waals surface area contributed by atoms with Crippen molar-refractivity contribution in [2.75, 3.05) is 11.9 Å². The van der Waals surface area contributed by atoms with Crippen molar-refractivity contribution in [1.29, 1.82) is 0 Å². The fraction of sp³-hybridized carbons (Fsp3) is 0.0500. The van der Waals surface area contributed by atoms with E-state index >= 15 is 0 Å². The Balaban J connectivity index is 1.40. The number of para-hydroxylation sites is 1. The Kier molecular flexibility index (Phi) is 4.07. The van der Waals surface area contributed by atoms with E-state index < -0.39 is 11.9 Å². The molecule has 2 N–H and O–H groups in total. The minimum Gasteiger partial charge on any atom is -0.451 e. The molecule has 1 heterocycles. The lowest BCUT2D eigenvalue weighted by molar-refractivity contribution is -0.119. The lowest BCUT2D eigenvalue weighted by Crippen LogP contribution is -2.21. The van der Waals surface area contributed by atoms with E-state index in [1.54, 1.807) is 12.1 Å². The highest BCUT2D eigenvalue weighted by atomic mass is 16.5. The summed E-state index contributed by atoms with van der Waals surface area (Å²) in [5, 5.41) is 12.2. The summed E-state index contributed by atoms with van der Waals surface area (Å²) in [6.45, 7) is -0.382. The number of esters is 1. The SMILES string of the molecule is O=C(COC(=O)c1n[nH]c2ccccc12)Nc1ccc2ccccc2c1. The molecule has 0 bridgehead atoms. The zero-order valence-electron chi connectivity index (χ0n) is 13.7. The molecule has 0 unspecified atom stereocenters. The number of aromatic amines is 1. The molecule has 4 rings (SSSR count). The number of anilines is 1. The minimum atomic E-state index is -0.642. The maximum atomic E-state index is 12.2. The second kappa shape index (κ2) is 6.68. The van der Waals surface area contributed by atoms with Gasteiger partial charge in [0.1, 0.15) is 0 Å². The summed E-state index contributed by atoms with van der Waals surface area (Å²) in [4.78, 5) is 24.2. The second-order valence-electron chi connectivity index (χ2n) is 5.80. The Morgan fingerprint density at radius 3 is 2.62 bits per heavy atom. The van der Waals surface area contributed by atoms with Crippen molar-refractivity contribution in [3.63, 3.8) is 0 Å². The molecule has 6 nitrogen and oxygen atoms in total. The summed E-state index contributed by atoms with van der Waals surface area (Å²) in [5.41, 5.74) is 1.55. The zero-order chi connectivity index (χ0) is 17.9. The van der Waals surface area contributed by atoms with Gasteiger partial charge in [-0.1, -0.05) is 48.5 Å². The number of fused-ring (bicyclic) bond motifs is 2. The van der Waals surface area contributed by atoms with Crippen molar-refractivity contribution in [3.05, 3.63) is 72.4 Å². The van der Waals surface area contributed by atoms with Crippen LogP contribution in [-0.4, -0.2) is 28.7 Å². The number of hydrogen-bond donors (Lipinski definition) is 2. The van der Waals surface area contributed by atoms with Gasteiger partial charge in [0.05, 0.1) is 5.52 Å². The van der Waals surface area contributed by atoms with Gasteiger partial charge in [0.25, 0.3) is 5.91 Å². The van der Waals surface area contributed by atoms with Crippen LogP contribution in [0.3, 0.4) is 0 Å². The molecular formula is C20H15N3O3. The van der Waals surface area contributed by atoms with Gasteiger partial charge in [-0.3, -0.25) is 9.89 Å². The van der Waals surface area contributed by atoms with Crippen molar-refractivity contribution in [2.45, 2.75) is 0 Å². The van der Waals surface area contributed by atoms with E-state index in [2.05, 4.69) is 15.5 Å². The van der Waals surface area contributed by atoms with Gasteiger partial charge in [0.15, 0.2) is 12.3 Å². The summed E-state index contributed by atoms with van der Waals surface area (Å²) in [6, 6.07) is 20.7. The van der Waals surface area contributed by atoms with E-state index in [0.717, 1.165) is 16.3 Å². The second-order valence-corrected chi connectivity index (χ2v) is 5.80. The number of nitrogens with one attached hydrogen (secondary N) is 2. The van der Waals surface area contributed by atoms with E-state index in [0.29, 0.717) is 11.1 Å². The molecule has 0 spiro atoms. The standard InChI is InChI=1S/C20H15N3O3/c24-18(21-15-10-9-13-5-1-2-6-14(13)11-15)12-26-20(25)19-16-7-3-4-8-17(16)22-23-19/h1-11H,12H2,(H,21,24)(H,22,23). The highest BCUT2D eigenvalue weighted by Crippen LogP contribution is 2.19. The highest BCUT2D eigenvalue weighted by Gasteiger charge is 2.16. The third kappa shape index (κ3) is 3.12. The molecule has 4 aromatic rings. The molecule has 128 valence electrons. The maximum Gasteiger partial charge on any atom is 0.359 e. The van der Waals surface area contributed by atoms with Gasteiger partial charge in [-0.05, 0) is 29.0 Å². The average molecular weight is 345 g/mol. The lowest BCUT2D eigenvalue weighted by Gasteiger charge is -2.07. The molecule has 0 radical (unpaired) electrons. The van der Waals surface area contributed by atoms with Gasteiger partial charge in [-0.15, -0.1) is 0 Å². The van der Waals surface area contributed by atoms with Crippen LogP contribution in [0.2, 0.25) is 0 Å². The topological polar surface area (TPSA) is 84.1 Å². The van der Waals surface area contributed by atoms with Gasteiger partial charge in [0, 0.05) is 11.1 Å². The molecule has 1 aromatic heterocycles. The number of benzene rings is 3.